The lowest BCUT2D eigenvalue weighted by atomic mass is 10.2. The van der Waals surface area contributed by atoms with Crippen LogP contribution in [0.4, 0.5) is 0 Å². The summed E-state index contributed by atoms with van der Waals surface area (Å²) in [6.07, 6.45) is 7.43. The van der Waals surface area contributed by atoms with E-state index in [2.05, 4.69) is 17.1 Å². The van der Waals surface area contributed by atoms with E-state index in [0.717, 1.165) is 6.04 Å². The van der Waals surface area contributed by atoms with Gasteiger partial charge in [-0.25, -0.2) is 0 Å². The fourth-order valence-corrected chi connectivity index (χ4v) is 1.65. The maximum atomic E-state index is 2.53. The molecular formula is C7H11N. The second-order valence-corrected chi connectivity index (χ2v) is 2.63. The van der Waals surface area contributed by atoms with Crippen LogP contribution in [-0.4, -0.2) is 24.0 Å². The summed E-state index contributed by atoms with van der Waals surface area (Å²) in [6.45, 7) is 2.54. The van der Waals surface area contributed by atoms with E-state index in [9.17, 15) is 0 Å². The third-order valence-corrected chi connectivity index (χ3v) is 2.11. The zero-order chi connectivity index (χ0) is 5.40. The van der Waals surface area contributed by atoms with Crippen molar-refractivity contribution in [1.29, 1.82) is 0 Å². The van der Waals surface area contributed by atoms with Crippen LogP contribution in [-0.2, 0) is 0 Å². The lowest BCUT2D eigenvalue weighted by Crippen LogP contribution is -2.22. The lowest BCUT2D eigenvalue weighted by molar-refractivity contribution is 0.344. The molecule has 0 unspecified atom stereocenters. The van der Waals surface area contributed by atoms with Crippen molar-refractivity contribution in [3.05, 3.63) is 12.2 Å². The van der Waals surface area contributed by atoms with Gasteiger partial charge < -0.3 is 0 Å². The highest BCUT2D eigenvalue weighted by molar-refractivity contribution is 5.06. The maximum Gasteiger partial charge on any atom is 0.0282 e. The maximum absolute atomic E-state index is 2.53. The van der Waals surface area contributed by atoms with Crippen LogP contribution in [0.1, 0.15) is 12.8 Å². The van der Waals surface area contributed by atoms with E-state index in [1.165, 1.54) is 25.9 Å². The van der Waals surface area contributed by atoms with Crippen molar-refractivity contribution in [3.63, 3.8) is 0 Å². The van der Waals surface area contributed by atoms with Crippen molar-refractivity contribution < 1.29 is 0 Å². The van der Waals surface area contributed by atoms with Gasteiger partial charge in [-0.1, -0.05) is 12.2 Å². The van der Waals surface area contributed by atoms with Crippen molar-refractivity contribution in [1.82, 2.24) is 4.90 Å². The highest BCUT2D eigenvalue weighted by Gasteiger charge is 2.23. The zero-order valence-corrected chi connectivity index (χ0v) is 5.01. The molecule has 0 aromatic heterocycles. The number of nitrogens with zero attached hydrogens (tertiary/aromatic N) is 1. The largest absolute Gasteiger partial charge is 0.293 e. The Morgan fingerprint density at radius 2 is 2.50 bits per heavy atom. The van der Waals surface area contributed by atoms with Crippen molar-refractivity contribution in [2.75, 3.05) is 13.1 Å². The van der Waals surface area contributed by atoms with Crippen LogP contribution in [0.15, 0.2) is 12.2 Å². The van der Waals surface area contributed by atoms with Crippen LogP contribution in [0.5, 0.6) is 0 Å². The van der Waals surface area contributed by atoms with Crippen LogP contribution in [0.2, 0.25) is 0 Å². The normalized spacial score (nSPS) is 36.2. The fraction of sp³-hybridized carbons (Fsp3) is 0.714. The molecule has 0 spiro atoms. The molecule has 2 heterocycles. The first kappa shape index (κ1) is 4.57. The number of fused-ring (bicyclic) bond motifs is 1. The zero-order valence-electron chi connectivity index (χ0n) is 5.01. The van der Waals surface area contributed by atoms with E-state index >= 15 is 0 Å². The Morgan fingerprint density at radius 3 is 3.38 bits per heavy atom. The molecule has 0 saturated carbocycles. The van der Waals surface area contributed by atoms with Gasteiger partial charge in [-0.05, 0) is 19.4 Å². The van der Waals surface area contributed by atoms with Gasteiger partial charge in [0.05, 0.1) is 0 Å². The molecule has 0 N–H and O–H groups in total. The molecule has 1 fully saturated rings. The predicted octanol–water partition coefficient (Wildman–Crippen LogP) is 1.02. The van der Waals surface area contributed by atoms with E-state index < -0.39 is 0 Å². The van der Waals surface area contributed by atoms with Crippen LogP contribution >= 0.6 is 0 Å². The van der Waals surface area contributed by atoms with Crippen molar-refractivity contribution >= 4 is 0 Å². The van der Waals surface area contributed by atoms with Crippen LogP contribution in [0.3, 0.4) is 0 Å². The monoisotopic (exact) mass is 109 g/mol. The van der Waals surface area contributed by atoms with Crippen molar-refractivity contribution in [3.8, 4) is 0 Å². The molecule has 0 amide bonds. The molecule has 2 aliphatic rings. The van der Waals surface area contributed by atoms with Gasteiger partial charge in [-0.2, -0.15) is 0 Å². The van der Waals surface area contributed by atoms with Crippen LogP contribution < -0.4 is 0 Å². The molecule has 0 aliphatic carbocycles. The number of hydrogen-bond donors (Lipinski definition) is 0. The topological polar surface area (TPSA) is 3.24 Å². The van der Waals surface area contributed by atoms with Gasteiger partial charge in [0.2, 0.25) is 0 Å². The van der Waals surface area contributed by atoms with Crippen LogP contribution in [0, 0.1) is 0 Å². The van der Waals surface area contributed by atoms with Gasteiger partial charge in [0.15, 0.2) is 0 Å². The lowest BCUT2D eigenvalue weighted by Gasteiger charge is -2.12. The van der Waals surface area contributed by atoms with E-state index in [-0.39, 0.29) is 0 Å². The minimum atomic E-state index is 0.829. The van der Waals surface area contributed by atoms with E-state index in [4.69, 9.17) is 0 Å². The van der Waals surface area contributed by atoms with Crippen molar-refractivity contribution in [2.45, 2.75) is 18.9 Å². The summed E-state index contributed by atoms with van der Waals surface area (Å²) in [5.41, 5.74) is 0. The summed E-state index contributed by atoms with van der Waals surface area (Å²) in [5.74, 6) is 0. The molecule has 1 nitrogen and oxygen atoms in total. The standard InChI is InChI=1S/C7H11N/c1-3-7-4-2-6-8(7)5-1/h1,3,7H,2,4-6H2/t7-/m0/s1. The molecular weight excluding hydrogens is 98.1 g/mol. The summed E-state index contributed by atoms with van der Waals surface area (Å²) in [7, 11) is 0. The first-order chi connectivity index (χ1) is 3.97. The van der Waals surface area contributed by atoms with Gasteiger partial charge in [-0.3, -0.25) is 4.90 Å². The van der Waals surface area contributed by atoms with Crippen molar-refractivity contribution in [2.24, 2.45) is 0 Å². The summed E-state index contributed by atoms with van der Waals surface area (Å²) in [4.78, 5) is 2.53. The highest BCUT2D eigenvalue weighted by Crippen LogP contribution is 2.21. The van der Waals surface area contributed by atoms with Gasteiger partial charge in [-0.15, -0.1) is 0 Å². The predicted molar refractivity (Wildman–Crippen MR) is 33.7 cm³/mol. The minimum absolute atomic E-state index is 0.829. The Hall–Kier alpha value is -0.300. The molecule has 8 heavy (non-hydrogen) atoms. The molecule has 2 rings (SSSR count). The number of hydrogen-bond acceptors (Lipinski definition) is 1. The smallest absolute Gasteiger partial charge is 0.0282 e. The molecule has 1 heteroatoms. The highest BCUT2D eigenvalue weighted by atomic mass is 15.2. The number of rotatable bonds is 0. The molecule has 2 aliphatic heterocycles. The van der Waals surface area contributed by atoms with E-state index in [1.54, 1.807) is 0 Å². The van der Waals surface area contributed by atoms with Gasteiger partial charge in [0.25, 0.3) is 0 Å². The average molecular weight is 109 g/mol. The van der Waals surface area contributed by atoms with Gasteiger partial charge in [0.1, 0.15) is 0 Å². The Labute approximate surface area is 50.0 Å². The molecule has 0 aromatic carbocycles. The molecule has 0 bridgehead atoms. The molecule has 1 atom stereocenters. The SMILES string of the molecule is C1=C[C@H]2CCCN2C1. The quantitative estimate of drug-likeness (QED) is 0.420. The summed E-state index contributed by atoms with van der Waals surface area (Å²) in [5, 5.41) is 0. The Morgan fingerprint density at radius 1 is 1.50 bits per heavy atom. The summed E-state index contributed by atoms with van der Waals surface area (Å²) < 4.78 is 0. The Bertz CT molecular complexity index is 118. The third-order valence-electron chi connectivity index (χ3n) is 2.11. The second kappa shape index (κ2) is 1.59. The van der Waals surface area contributed by atoms with Gasteiger partial charge >= 0.3 is 0 Å². The first-order valence-electron chi connectivity index (χ1n) is 3.37. The summed E-state index contributed by atoms with van der Waals surface area (Å²) >= 11 is 0. The average Bonchev–Trinajstić information content (AvgIpc) is 2.15. The Balaban J connectivity index is 2.13. The van der Waals surface area contributed by atoms with Crippen LogP contribution in [0.25, 0.3) is 0 Å². The van der Waals surface area contributed by atoms with E-state index in [1.807, 2.05) is 0 Å². The van der Waals surface area contributed by atoms with Gasteiger partial charge in [0, 0.05) is 12.6 Å². The first-order valence-corrected chi connectivity index (χ1v) is 3.37. The summed E-state index contributed by atoms with van der Waals surface area (Å²) in [6, 6.07) is 0.829. The molecule has 44 valence electrons. The van der Waals surface area contributed by atoms with E-state index in [0.29, 0.717) is 0 Å². The second-order valence-electron chi connectivity index (χ2n) is 2.63. The molecule has 0 radical (unpaired) electrons. The molecule has 1 saturated heterocycles. The third kappa shape index (κ3) is 0.511. The molecule has 0 aromatic rings. The Kier molecular flexibility index (Phi) is 0.908. The minimum Gasteiger partial charge on any atom is -0.293 e. The fourth-order valence-electron chi connectivity index (χ4n) is 1.65.